The van der Waals surface area contributed by atoms with Gasteiger partial charge in [0, 0.05) is 18.6 Å². The monoisotopic (exact) mass is 547 g/mol. The second-order valence-electron chi connectivity index (χ2n) is 8.08. The Morgan fingerprint density at radius 2 is 1.70 bits per heavy atom. The highest BCUT2D eigenvalue weighted by atomic mass is 35.5. The molecule has 3 aromatic rings. The molecule has 1 N–H and O–H groups in total. The summed E-state index contributed by atoms with van der Waals surface area (Å²) in [6, 6.07) is 16.6. The lowest BCUT2D eigenvalue weighted by atomic mass is 10.1. The van der Waals surface area contributed by atoms with Gasteiger partial charge in [0.1, 0.15) is 24.2 Å². The van der Waals surface area contributed by atoms with Gasteiger partial charge in [-0.25, -0.2) is 12.8 Å². The number of halogens is 2. The standard InChI is InChI=1S/C26H27ClFN3O5S/c1-18(26(33)29-2)30(16-19-9-12-21(28)13-10-19)25(32)17-31(23-15-20(27)11-14-24(23)36-3)37(34,35)22-7-5-4-6-8-22/h4-15,18H,16-17H2,1-3H3,(H,29,33)/t18-/m0/s1. The molecule has 0 saturated carbocycles. The molecule has 0 bridgehead atoms. The van der Waals surface area contributed by atoms with Crippen LogP contribution < -0.4 is 14.4 Å². The van der Waals surface area contributed by atoms with Crippen molar-refractivity contribution in [3.63, 3.8) is 0 Å². The van der Waals surface area contributed by atoms with Crippen molar-refractivity contribution in [3.8, 4) is 5.75 Å². The average Bonchev–Trinajstić information content (AvgIpc) is 2.90. The topological polar surface area (TPSA) is 96.0 Å². The number of nitrogens with zero attached hydrogens (tertiary/aromatic N) is 2. The first-order valence-corrected chi connectivity index (χ1v) is 13.1. The molecule has 0 aliphatic heterocycles. The Morgan fingerprint density at radius 1 is 1.05 bits per heavy atom. The second kappa shape index (κ2) is 12.1. The summed E-state index contributed by atoms with van der Waals surface area (Å²) in [6.07, 6.45) is 0. The zero-order valence-corrected chi connectivity index (χ0v) is 22.1. The zero-order chi connectivity index (χ0) is 27.2. The Hall–Kier alpha value is -3.63. The smallest absolute Gasteiger partial charge is 0.264 e. The molecule has 0 saturated heterocycles. The van der Waals surface area contributed by atoms with Crippen molar-refractivity contribution in [2.24, 2.45) is 0 Å². The van der Waals surface area contributed by atoms with Crippen LogP contribution >= 0.6 is 11.6 Å². The van der Waals surface area contributed by atoms with Gasteiger partial charge in [-0.1, -0.05) is 41.9 Å². The van der Waals surface area contributed by atoms with E-state index in [1.807, 2.05) is 0 Å². The highest BCUT2D eigenvalue weighted by Gasteiger charge is 2.33. The van der Waals surface area contributed by atoms with E-state index in [2.05, 4.69) is 5.32 Å². The van der Waals surface area contributed by atoms with Gasteiger partial charge in [-0.15, -0.1) is 0 Å². The van der Waals surface area contributed by atoms with E-state index in [-0.39, 0.29) is 27.9 Å². The number of methoxy groups -OCH3 is 1. The summed E-state index contributed by atoms with van der Waals surface area (Å²) in [5.74, 6) is -1.38. The first kappa shape index (κ1) is 27.9. The summed E-state index contributed by atoms with van der Waals surface area (Å²) in [5.41, 5.74) is 0.616. The highest BCUT2D eigenvalue weighted by molar-refractivity contribution is 7.92. The molecule has 3 aromatic carbocycles. The van der Waals surface area contributed by atoms with Gasteiger partial charge >= 0.3 is 0 Å². The van der Waals surface area contributed by atoms with Crippen molar-refractivity contribution in [2.75, 3.05) is 25.0 Å². The summed E-state index contributed by atoms with van der Waals surface area (Å²) >= 11 is 6.19. The minimum atomic E-state index is -4.26. The third-order valence-electron chi connectivity index (χ3n) is 5.70. The van der Waals surface area contributed by atoms with E-state index in [1.165, 1.54) is 80.6 Å². The van der Waals surface area contributed by atoms with Crippen LogP contribution in [0, 0.1) is 5.82 Å². The fourth-order valence-electron chi connectivity index (χ4n) is 3.67. The van der Waals surface area contributed by atoms with Crippen molar-refractivity contribution >= 4 is 39.1 Å². The van der Waals surface area contributed by atoms with Crippen molar-refractivity contribution in [1.82, 2.24) is 10.2 Å². The van der Waals surface area contributed by atoms with Gasteiger partial charge in [0.15, 0.2) is 0 Å². The molecule has 0 fully saturated rings. The van der Waals surface area contributed by atoms with Crippen LogP contribution in [0.4, 0.5) is 10.1 Å². The molecular formula is C26H27ClFN3O5S. The predicted octanol–water partition coefficient (Wildman–Crippen LogP) is 3.85. The van der Waals surface area contributed by atoms with E-state index in [9.17, 15) is 22.4 Å². The van der Waals surface area contributed by atoms with E-state index in [0.717, 1.165) is 4.31 Å². The fraction of sp³-hybridized carbons (Fsp3) is 0.231. The number of anilines is 1. The zero-order valence-electron chi connectivity index (χ0n) is 20.5. The van der Waals surface area contributed by atoms with Crippen molar-refractivity contribution in [3.05, 3.63) is 89.2 Å². The average molecular weight is 548 g/mol. The van der Waals surface area contributed by atoms with Crippen LogP contribution in [0.15, 0.2) is 77.7 Å². The van der Waals surface area contributed by atoms with Gasteiger partial charge in [0.05, 0.1) is 17.7 Å². The summed E-state index contributed by atoms with van der Waals surface area (Å²) < 4.78 is 47.2. The number of likely N-dealkylation sites (N-methyl/N-ethyl adjacent to an activating group) is 1. The minimum Gasteiger partial charge on any atom is -0.495 e. The molecule has 0 radical (unpaired) electrons. The fourth-order valence-corrected chi connectivity index (χ4v) is 5.27. The Balaban J connectivity index is 2.09. The summed E-state index contributed by atoms with van der Waals surface area (Å²) in [4.78, 5) is 27.4. The number of carbonyl (C=O) groups is 2. The third kappa shape index (κ3) is 6.58. The van der Waals surface area contributed by atoms with E-state index in [0.29, 0.717) is 5.56 Å². The van der Waals surface area contributed by atoms with Crippen LogP contribution in [0.3, 0.4) is 0 Å². The number of hydrogen-bond acceptors (Lipinski definition) is 5. The maximum absolute atomic E-state index is 13.8. The van der Waals surface area contributed by atoms with Crippen molar-refractivity contribution in [2.45, 2.75) is 24.4 Å². The Morgan fingerprint density at radius 3 is 2.30 bits per heavy atom. The molecule has 37 heavy (non-hydrogen) atoms. The maximum atomic E-state index is 13.8. The normalized spacial score (nSPS) is 11.9. The SMILES string of the molecule is CNC(=O)[C@H](C)N(Cc1ccc(F)cc1)C(=O)CN(c1cc(Cl)ccc1OC)S(=O)(=O)c1ccccc1. The van der Waals surface area contributed by atoms with E-state index < -0.39 is 40.2 Å². The van der Waals surface area contributed by atoms with Crippen molar-refractivity contribution in [1.29, 1.82) is 0 Å². The molecule has 0 aliphatic carbocycles. The van der Waals surface area contributed by atoms with Gasteiger partial charge in [-0.2, -0.15) is 0 Å². The molecule has 0 spiro atoms. The quantitative estimate of drug-likeness (QED) is 0.416. The van der Waals surface area contributed by atoms with E-state index >= 15 is 0 Å². The lowest BCUT2D eigenvalue weighted by Gasteiger charge is -2.32. The number of ether oxygens (including phenoxy) is 1. The summed E-state index contributed by atoms with van der Waals surface area (Å²) in [6.45, 7) is 0.812. The largest absolute Gasteiger partial charge is 0.495 e. The van der Waals surface area contributed by atoms with Gasteiger partial charge in [-0.3, -0.25) is 13.9 Å². The maximum Gasteiger partial charge on any atom is 0.264 e. The van der Waals surface area contributed by atoms with Crippen LogP contribution in [0.25, 0.3) is 0 Å². The van der Waals surface area contributed by atoms with Crippen LogP contribution in [0.5, 0.6) is 5.75 Å². The van der Waals surface area contributed by atoms with Crippen molar-refractivity contribution < 1.29 is 27.1 Å². The molecule has 0 heterocycles. The van der Waals surface area contributed by atoms with Crippen LogP contribution in [-0.2, 0) is 26.2 Å². The number of nitrogens with one attached hydrogen (secondary N) is 1. The molecule has 0 aliphatic rings. The summed E-state index contributed by atoms with van der Waals surface area (Å²) in [5, 5.41) is 2.73. The third-order valence-corrected chi connectivity index (χ3v) is 7.71. The lowest BCUT2D eigenvalue weighted by molar-refractivity contribution is -0.139. The number of carbonyl (C=O) groups excluding carboxylic acids is 2. The highest BCUT2D eigenvalue weighted by Crippen LogP contribution is 2.35. The number of benzene rings is 3. The van der Waals surface area contributed by atoms with E-state index in [1.54, 1.807) is 18.2 Å². The van der Waals surface area contributed by atoms with Gasteiger partial charge in [-0.05, 0) is 55.0 Å². The molecule has 8 nitrogen and oxygen atoms in total. The Bertz CT molecular complexity index is 1350. The van der Waals surface area contributed by atoms with E-state index in [4.69, 9.17) is 16.3 Å². The first-order valence-electron chi connectivity index (χ1n) is 11.2. The van der Waals surface area contributed by atoms with Gasteiger partial charge < -0.3 is 15.0 Å². The van der Waals surface area contributed by atoms with Crippen LogP contribution in [-0.4, -0.2) is 51.9 Å². The number of sulfonamides is 1. The molecule has 196 valence electrons. The second-order valence-corrected chi connectivity index (χ2v) is 10.4. The Kier molecular flexibility index (Phi) is 9.12. The number of rotatable bonds is 10. The molecule has 0 aromatic heterocycles. The van der Waals surface area contributed by atoms with Crippen LogP contribution in [0.2, 0.25) is 5.02 Å². The molecule has 11 heteroatoms. The molecule has 0 unspecified atom stereocenters. The minimum absolute atomic E-state index is 0.0470. The lowest BCUT2D eigenvalue weighted by Crippen LogP contribution is -2.50. The predicted molar refractivity (Wildman–Crippen MR) is 139 cm³/mol. The Labute approximate surface area is 220 Å². The first-order chi connectivity index (χ1) is 17.6. The summed E-state index contributed by atoms with van der Waals surface area (Å²) in [7, 11) is -1.46. The number of hydrogen-bond donors (Lipinski definition) is 1. The number of amides is 2. The molecule has 2 amide bonds. The van der Waals surface area contributed by atoms with Gasteiger partial charge in [0.25, 0.3) is 10.0 Å². The molecule has 1 atom stereocenters. The molecule has 3 rings (SSSR count). The van der Waals surface area contributed by atoms with Gasteiger partial charge in [0.2, 0.25) is 11.8 Å². The van der Waals surface area contributed by atoms with Crippen LogP contribution in [0.1, 0.15) is 12.5 Å². The molecular weight excluding hydrogens is 521 g/mol.